The molecule has 2 rings (SSSR count). The average molecular weight is 569 g/mol. The molecule has 0 aliphatic heterocycles. The summed E-state index contributed by atoms with van der Waals surface area (Å²) in [7, 11) is 2.73. The Hall–Kier alpha value is -2.90. The molecule has 0 saturated carbocycles. The van der Waals surface area contributed by atoms with E-state index in [4.69, 9.17) is 26.8 Å². The number of aryl methyl sites for hydroxylation is 1. The maximum absolute atomic E-state index is 13.3. The first-order valence-corrected chi connectivity index (χ1v) is 13.0. The van der Waals surface area contributed by atoms with Crippen molar-refractivity contribution >= 4 is 46.4 Å². The van der Waals surface area contributed by atoms with Gasteiger partial charge < -0.3 is 30.9 Å². The molecule has 1 heterocycles. The van der Waals surface area contributed by atoms with Gasteiger partial charge in [-0.3, -0.25) is 19.2 Å². The van der Waals surface area contributed by atoms with Crippen LogP contribution in [0.2, 0.25) is 0 Å². The molecule has 208 valence electrons. The highest BCUT2D eigenvalue weighted by Gasteiger charge is 2.38. The summed E-state index contributed by atoms with van der Waals surface area (Å²) < 4.78 is 10.3. The van der Waals surface area contributed by atoms with Gasteiger partial charge in [-0.1, -0.05) is 30.3 Å². The number of amides is 3. The molecule has 5 N–H and O–H groups in total. The highest BCUT2D eigenvalue weighted by Crippen LogP contribution is 2.26. The van der Waals surface area contributed by atoms with Crippen LogP contribution in [0.25, 0.3) is 0 Å². The first-order chi connectivity index (χ1) is 17.9. The Morgan fingerprint density at radius 3 is 2.24 bits per heavy atom. The number of thiazole rings is 1. The Bertz CT molecular complexity index is 1130. The summed E-state index contributed by atoms with van der Waals surface area (Å²) in [6.45, 7) is 2.57. The van der Waals surface area contributed by atoms with E-state index >= 15 is 0 Å². The van der Waals surface area contributed by atoms with E-state index in [1.807, 2.05) is 6.07 Å². The number of nitrogens with one attached hydrogen (secondary N) is 2. The highest BCUT2D eigenvalue weighted by molar-refractivity contribution is 7.13. The van der Waals surface area contributed by atoms with Gasteiger partial charge in [0, 0.05) is 14.2 Å². The molecule has 11 nitrogen and oxygen atoms in total. The minimum atomic E-state index is -1.90. The van der Waals surface area contributed by atoms with E-state index in [9.17, 15) is 24.3 Å². The molecule has 0 unspecified atom stereocenters. The second-order valence-corrected chi connectivity index (χ2v) is 10.3. The molecule has 0 spiro atoms. The van der Waals surface area contributed by atoms with Gasteiger partial charge >= 0.3 is 0 Å². The molecule has 2 aromatic rings. The summed E-state index contributed by atoms with van der Waals surface area (Å²) >= 11 is 6.85. The molecule has 0 fully saturated rings. The molecule has 1 aromatic carbocycles. The molecule has 0 bridgehead atoms. The number of ketones is 1. The van der Waals surface area contributed by atoms with Gasteiger partial charge in [0.2, 0.25) is 11.8 Å². The number of nitrogens with two attached hydrogens (primary N) is 1. The zero-order chi connectivity index (χ0) is 28.5. The summed E-state index contributed by atoms with van der Waals surface area (Å²) in [6, 6.07) is 6.55. The fourth-order valence-electron chi connectivity index (χ4n) is 3.70. The number of benzene rings is 1. The number of methoxy groups -OCH3 is 2. The first kappa shape index (κ1) is 31.3. The van der Waals surface area contributed by atoms with E-state index in [1.165, 1.54) is 21.1 Å². The lowest BCUT2D eigenvalue weighted by Gasteiger charge is -2.28. The van der Waals surface area contributed by atoms with Crippen LogP contribution in [0.1, 0.15) is 38.8 Å². The van der Waals surface area contributed by atoms with Crippen LogP contribution in [-0.4, -0.2) is 84.6 Å². The standard InChI is InChI=1S/C25H33ClN4O7S/c1-14-28-19(20(38-14)22(27)32)16(11-36-3)23(33)30-18(12-37-4)24(34)29-17(21(31)25(2,35)13-26)10-15-8-6-5-7-9-15/h5-9,16-18,35H,10-13H2,1-4H3,(H2,27,32)(H,29,34)(H,30,33)/t16-,17+,18+,25-/m1/s1. The Kier molecular flexibility index (Phi) is 11.8. The fourth-order valence-corrected chi connectivity index (χ4v) is 4.66. The average Bonchev–Trinajstić information content (AvgIpc) is 3.28. The van der Waals surface area contributed by atoms with E-state index in [0.29, 0.717) is 5.01 Å². The maximum Gasteiger partial charge on any atom is 0.260 e. The molecule has 3 amide bonds. The molecule has 4 atom stereocenters. The normalized spacial score (nSPS) is 15.1. The second kappa shape index (κ2) is 14.3. The number of aliphatic hydroxyl groups is 1. The van der Waals surface area contributed by atoms with Crippen LogP contribution < -0.4 is 16.4 Å². The maximum atomic E-state index is 13.3. The lowest BCUT2D eigenvalue weighted by Crippen LogP contribution is -2.58. The van der Waals surface area contributed by atoms with E-state index in [1.54, 1.807) is 31.2 Å². The molecule has 0 radical (unpaired) electrons. The van der Waals surface area contributed by atoms with E-state index in [0.717, 1.165) is 16.9 Å². The van der Waals surface area contributed by atoms with Crippen molar-refractivity contribution in [3.05, 3.63) is 51.5 Å². The Morgan fingerprint density at radius 1 is 1.08 bits per heavy atom. The highest BCUT2D eigenvalue weighted by atomic mass is 35.5. The lowest BCUT2D eigenvalue weighted by atomic mass is 9.92. The van der Waals surface area contributed by atoms with Crippen LogP contribution in [-0.2, 0) is 30.3 Å². The zero-order valence-corrected chi connectivity index (χ0v) is 23.2. The molecule has 38 heavy (non-hydrogen) atoms. The zero-order valence-electron chi connectivity index (χ0n) is 21.7. The predicted molar refractivity (Wildman–Crippen MR) is 142 cm³/mol. The van der Waals surface area contributed by atoms with E-state index in [-0.39, 0.29) is 36.1 Å². The number of aromatic nitrogens is 1. The number of primary amides is 1. The first-order valence-electron chi connectivity index (χ1n) is 11.7. The minimum Gasteiger partial charge on any atom is -0.383 e. The monoisotopic (exact) mass is 568 g/mol. The van der Waals surface area contributed by atoms with Crippen LogP contribution >= 0.6 is 22.9 Å². The van der Waals surface area contributed by atoms with Crippen molar-refractivity contribution in [2.24, 2.45) is 5.73 Å². The van der Waals surface area contributed by atoms with Crippen molar-refractivity contribution in [1.29, 1.82) is 0 Å². The van der Waals surface area contributed by atoms with Gasteiger partial charge in [-0.15, -0.1) is 22.9 Å². The van der Waals surface area contributed by atoms with Crippen LogP contribution in [0.4, 0.5) is 0 Å². The SMILES string of the molecule is COC[C@H](NC(=O)[C@H](COC)c1nc(C)sc1C(N)=O)C(=O)N[C@@H](Cc1ccccc1)C(=O)[C@](C)(O)CCl. The van der Waals surface area contributed by atoms with Gasteiger partial charge in [-0.25, -0.2) is 4.98 Å². The third-order valence-corrected chi connectivity index (χ3v) is 7.16. The lowest BCUT2D eigenvalue weighted by molar-refractivity contribution is -0.139. The number of Topliss-reactive ketones (excluding diaryl/α,β-unsaturated/α-hetero) is 1. The number of rotatable bonds is 15. The van der Waals surface area contributed by atoms with Gasteiger partial charge in [-0.05, 0) is 25.8 Å². The van der Waals surface area contributed by atoms with Crippen LogP contribution in [0, 0.1) is 6.92 Å². The smallest absolute Gasteiger partial charge is 0.260 e. The van der Waals surface area contributed by atoms with Gasteiger partial charge in [0.05, 0.1) is 35.8 Å². The Balaban J connectivity index is 2.31. The van der Waals surface area contributed by atoms with Crippen LogP contribution in [0.5, 0.6) is 0 Å². The number of hydrogen-bond acceptors (Lipinski definition) is 9. The fraction of sp³-hybridized carbons (Fsp3) is 0.480. The molecular weight excluding hydrogens is 536 g/mol. The predicted octanol–water partition coefficient (Wildman–Crippen LogP) is 0.698. The second-order valence-electron chi connectivity index (χ2n) is 8.86. The summed E-state index contributed by atoms with van der Waals surface area (Å²) in [5, 5.41) is 16.2. The number of carbonyl (C=O) groups excluding carboxylic acids is 4. The number of alkyl halides is 1. The molecule has 0 saturated heterocycles. The van der Waals surface area contributed by atoms with Crippen molar-refractivity contribution < 1.29 is 33.8 Å². The molecule has 13 heteroatoms. The quantitative estimate of drug-likeness (QED) is 0.227. The van der Waals surface area contributed by atoms with Crippen LogP contribution in [0.3, 0.4) is 0 Å². The third kappa shape index (κ3) is 8.30. The summed E-state index contributed by atoms with van der Waals surface area (Å²) in [5.74, 6) is -4.22. The summed E-state index contributed by atoms with van der Waals surface area (Å²) in [5.41, 5.74) is 4.45. The summed E-state index contributed by atoms with van der Waals surface area (Å²) in [4.78, 5) is 56.0. The van der Waals surface area contributed by atoms with Crippen molar-refractivity contribution in [2.75, 3.05) is 33.3 Å². The molecular formula is C25H33ClN4O7S. The largest absolute Gasteiger partial charge is 0.383 e. The van der Waals surface area contributed by atoms with E-state index in [2.05, 4.69) is 15.6 Å². The third-order valence-electron chi connectivity index (χ3n) is 5.64. The van der Waals surface area contributed by atoms with Gasteiger partial charge in [0.25, 0.3) is 5.91 Å². The Morgan fingerprint density at radius 2 is 1.68 bits per heavy atom. The number of nitrogens with zero attached hydrogens (tertiary/aromatic N) is 1. The molecule has 0 aliphatic rings. The van der Waals surface area contributed by atoms with Crippen molar-refractivity contribution in [2.45, 2.75) is 43.9 Å². The number of carbonyl (C=O) groups is 4. The molecule has 0 aliphatic carbocycles. The Labute approximate surface area is 230 Å². The molecule has 1 aromatic heterocycles. The number of ether oxygens (including phenoxy) is 2. The van der Waals surface area contributed by atoms with Gasteiger partial charge in [-0.2, -0.15) is 0 Å². The summed E-state index contributed by atoms with van der Waals surface area (Å²) in [6.07, 6.45) is 0.0818. The number of halogens is 1. The van der Waals surface area contributed by atoms with Crippen molar-refractivity contribution in [1.82, 2.24) is 15.6 Å². The van der Waals surface area contributed by atoms with Crippen LogP contribution in [0.15, 0.2) is 30.3 Å². The minimum absolute atomic E-state index is 0.0818. The number of hydrogen-bond donors (Lipinski definition) is 4. The van der Waals surface area contributed by atoms with E-state index < -0.39 is 47.1 Å². The van der Waals surface area contributed by atoms with Crippen molar-refractivity contribution in [3.63, 3.8) is 0 Å². The van der Waals surface area contributed by atoms with Gasteiger partial charge in [0.1, 0.15) is 22.4 Å². The topological polar surface area (TPSA) is 170 Å². The van der Waals surface area contributed by atoms with Gasteiger partial charge in [0.15, 0.2) is 5.78 Å². The van der Waals surface area contributed by atoms with Crippen molar-refractivity contribution in [3.8, 4) is 0 Å².